The van der Waals surface area contributed by atoms with Crippen molar-refractivity contribution in [3.8, 4) is 0 Å². The van der Waals surface area contributed by atoms with Gasteiger partial charge >= 0.3 is 0 Å². The highest BCUT2D eigenvalue weighted by molar-refractivity contribution is 14.0. The summed E-state index contributed by atoms with van der Waals surface area (Å²) < 4.78 is 11.3. The molecule has 0 radical (unpaired) electrons. The maximum Gasteiger partial charge on any atom is 0.191 e. The van der Waals surface area contributed by atoms with E-state index in [0.717, 1.165) is 38.6 Å². The molecule has 0 aliphatic carbocycles. The highest BCUT2D eigenvalue weighted by Crippen LogP contribution is 2.14. The third-order valence-corrected chi connectivity index (χ3v) is 4.81. The van der Waals surface area contributed by atoms with Gasteiger partial charge in [-0.25, -0.2) is 4.99 Å². The van der Waals surface area contributed by atoms with Gasteiger partial charge in [0.05, 0.1) is 19.3 Å². The fourth-order valence-corrected chi connectivity index (χ4v) is 2.67. The predicted molar refractivity (Wildman–Crippen MR) is 123 cm³/mol. The van der Waals surface area contributed by atoms with E-state index in [4.69, 9.17) is 14.5 Å². The van der Waals surface area contributed by atoms with Crippen LogP contribution >= 0.6 is 24.0 Å². The van der Waals surface area contributed by atoms with Crippen LogP contribution in [0.4, 0.5) is 0 Å². The number of ether oxygens (including phenoxy) is 2. The topological polar surface area (TPSA) is 54.9 Å². The van der Waals surface area contributed by atoms with Crippen LogP contribution in [-0.2, 0) is 22.6 Å². The Morgan fingerprint density at radius 3 is 2.37 bits per heavy atom. The number of halogens is 1. The van der Waals surface area contributed by atoms with Crippen molar-refractivity contribution in [3.63, 3.8) is 0 Å². The van der Waals surface area contributed by atoms with Gasteiger partial charge < -0.3 is 20.1 Å². The zero-order valence-electron chi connectivity index (χ0n) is 17.2. The molecule has 2 rings (SSSR count). The maximum atomic E-state index is 5.98. The van der Waals surface area contributed by atoms with Gasteiger partial charge in [-0.15, -0.1) is 24.0 Å². The molecule has 6 heteroatoms. The van der Waals surface area contributed by atoms with Gasteiger partial charge in [-0.2, -0.15) is 0 Å². The number of aliphatic imine (C=N–C) groups is 1. The summed E-state index contributed by atoms with van der Waals surface area (Å²) in [6.07, 6.45) is 2.34. The molecule has 1 aliphatic rings. The van der Waals surface area contributed by atoms with E-state index in [-0.39, 0.29) is 24.0 Å². The highest BCUT2D eigenvalue weighted by Gasteiger charge is 2.14. The van der Waals surface area contributed by atoms with E-state index < -0.39 is 0 Å². The molecule has 0 aromatic heterocycles. The van der Waals surface area contributed by atoms with E-state index in [1.165, 1.54) is 11.1 Å². The lowest BCUT2D eigenvalue weighted by Gasteiger charge is -2.22. The molecule has 27 heavy (non-hydrogen) atoms. The lowest BCUT2D eigenvalue weighted by molar-refractivity contribution is -0.0390. The summed E-state index contributed by atoms with van der Waals surface area (Å²) >= 11 is 0. The number of hydrogen-bond donors (Lipinski definition) is 2. The molecule has 154 valence electrons. The van der Waals surface area contributed by atoms with Crippen LogP contribution in [0.25, 0.3) is 0 Å². The smallest absolute Gasteiger partial charge is 0.191 e. The minimum absolute atomic E-state index is 0. The Bertz CT molecular complexity index is 543. The first kappa shape index (κ1) is 24.2. The number of benzene rings is 1. The normalized spacial score (nSPS) is 16.7. The van der Waals surface area contributed by atoms with Crippen molar-refractivity contribution < 1.29 is 9.47 Å². The number of rotatable bonds is 8. The third kappa shape index (κ3) is 9.25. The molecule has 5 nitrogen and oxygen atoms in total. The molecular formula is C21H36IN3O2. The SMILES string of the molecule is CCNC(=NCc1ccc(COC2CCOCC2)cc1)NC(C)C(C)C.I. The predicted octanol–water partition coefficient (Wildman–Crippen LogP) is 4.10. The zero-order chi connectivity index (χ0) is 18.8. The third-order valence-electron chi connectivity index (χ3n) is 4.81. The summed E-state index contributed by atoms with van der Waals surface area (Å²) in [5.74, 6) is 1.44. The molecule has 1 atom stereocenters. The molecule has 1 unspecified atom stereocenters. The van der Waals surface area contributed by atoms with E-state index in [2.05, 4.69) is 62.6 Å². The van der Waals surface area contributed by atoms with Crippen LogP contribution in [0.15, 0.2) is 29.3 Å². The average molecular weight is 489 g/mol. The van der Waals surface area contributed by atoms with Gasteiger partial charge in [0.1, 0.15) is 0 Å². The number of guanidine groups is 1. The lowest BCUT2D eigenvalue weighted by atomic mass is 10.1. The number of nitrogens with one attached hydrogen (secondary N) is 2. The Hall–Kier alpha value is -0.860. The average Bonchev–Trinajstić information content (AvgIpc) is 2.66. The van der Waals surface area contributed by atoms with Crippen molar-refractivity contribution in [3.05, 3.63) is 35.4 Å². The van der Waals surface area contributed by atoms with Crippen LogP contribution in [0.5, 0.6) is 0 Å². The van der Waals surface area contributed by atoms with Gasteiger partial charge in [-0.05, 0) is 43.7 Å². The van der Waals surface area contributed by atoms with Crippen LogP contribution < -0.4 is 10.6 Å². The molecule has 2 N–H and O–H groups in total. The summed E-state index contributed by atoms with van der Waals surface area (Å²) in [5.41, 5.74) is 2.41. The van der Waals surface area contributed by atoms with Gasteiger partial charge in [0.2, 0.25) is 0 Å². The first-order valence-corrected chi connectivity index (χ1v) is 9.90. The molecule has 1 aromatic rings. The van der Waals surface area contributed by atoms with Gasteiger partial charge in [0.25, 0.3) is 0 Å². The Morgan fingerprint density at radius 2 is 1.78 bits per heavy atom. The molecule has 1 fully saturated rings. The van der Waals surface area contributed by atoms with Gasteiger partial charge in [-0.3, -0.25) is 0 Å². The van der Waals surface area contributed by atoms with Crippen LogP contribution in [0.2, 0.25) is 0 Å². The summed E-state index contributed by atoms with van der Waals surface area (Å²) in [7, 11) is 0. The lowest BCUT2D eigenvalue weighted by Crippen LogP contribution is -2.44. The fraction of sp³-hybridized carbons (Fsp3) is 0.667. The van der Waals surface area contributed by atoms with Crippen molar-refractivity contribution in [1.29, 1.82) is 0 Å². The molecule has 1 heterocycles. The number of nitrogens with zero attached hydrogens (tertiary/aromatic N) is 1. The van der Waals surface area contributed by atoms with E-state index >= 15 is 0 Å². The molecule has 1 saturated heterocycles. The van der Waals surface area contributed by atoms with Crippen LogP contribution in [-0.4, -0.2) is 37.9 Å². The zero-order valence-corrected chi connectivity index (χ0v) is 19.5. The minimum atomic E-state index is 0. The van der Waals surface area contributed by atoms with E-state index in [0.29, 0.717) is 31.2 Å². The molecule has 1 aromatic carbocycles. The summed E-state index contributed by atoms with van der Waals surface area (Å²) in [6, 6.07) is 8.95. The molecule has 0 saturated carbocycles. The van der Waals surface area contributed by atoms with Gasteiger partial charge in [-0.1, -0.05) is 38.1 Å². The van der Waals surface area contributed by atoms with Crippen LogP contribution in [0.3, 0.4) is 0 Å². The molecule has 0 spiro atoms. The van der Waals surface area contributed by atoms with Crippen molar-refractivity contribution in [1.82, 2.24) is 10.6 Å². The fourth-order valence-electron chi connectivity index (χ4n) is 2.67. The second-order valence-electron chi connectivity index (χ2n) is 7.31. The molecular weight excluding hydrogens is 453 g/mol. The number of hydrogen-bond acceptors (Lipinski definition) is 3. The molecule has 1 aliphatic heterocycles. The van der Waals surface area contributed by atoms with Crippen LogP contribution in [0.1, 0.15) is 51.7 Å². The Morgan fingerprint density at radius 1 is 1.15 bits per heavy atom. The second-order valence-corrected chi connectivity index (χ2v) is 7.31. The summed E-state index contributed by atoms with van der Waals surface area (Å²) in [4.78, 5) is 4.70. The minimum Gasteiger partial charge on any atom is -0.381 e. The van der Waals surface area contributed by atoms with Gasteiger partial charge in [0.15, 0.2) is 5.96 Å². The van der Waals surface area contributed by atoms with E-state index in [1.54, 1.807) is 0 Å². The summed E-state index contributed by atoms with van der Waals surface area (Å²) in [6.45, 7) is 12.5. The first-order valence-electron chi connectivity index (χ1n) is 9.90. The Kier molecular flexibility index (Phi) is 11.9. The van der Waals surface area contributed by atoms with E-state index in [1.807, 2.05) is 0 Å². The van der Waals surface area contributed by atoms with E-state index in [9.17, 15) is 0 Å². The monoisotopic (exact) mass is 489 g/mol. The quantitative estimate of drug-likeness (QED) is 0.328. The highest BCUT2D eigenvalue weighted by atomic mass is 127. The Labute approximate surface area is 181 Å². The first-order chi connectivity index (χ1) is 12.6. The van der Waals surface area contributed by atoms with Crippen molar-refractivity contribution in [2.45, 2.75) is 65.8 Å². The second kappa shape index (κ2) is 13.3. The standard InChI is InChI=1S/C21H35N3O2.HI/c1-5-22-21(24-17(4)16(2)3)23-14-18-6-8-19(9-7-18)15-26-20-10-12-25-13-11-20;/h6-9,16-17,20H,5,10-15H2,1-4H3,(H2,22,23,24);1H. The summed E-state index contributed by atoms with van der Waals surface area (Å²) in [5, 5.41) is 6.78. The van der Waals surface area contributed by atoms with Crippen molar-refractivity contribution >= 4 is 29.9 Å². The largest absolute Gasteiger partial charge is 0.381 e. The molecule has 0 amide bonds. The maximum absolute atomic E-state index is 5.98. The van der Waals surface area contributed by atoms with Crippen molar-refractivity contribution in [2.75, 3.05) is 19.8 Å². The van der Waals surface area contributed by atoms with Gasteiger partial charge in [0, 0.05) is 25.8 Å². The van der Waals surface area contributed by atoms with Crippen molar-refractivity contribution in [2.24, 2.45) is 10.9 Å². The molecule has 0 bridgehead atoms. The Balaban J connectivity index is 0.00000364. The van der Waals surface area contributed by atoms with Crippen LogP contribution in [0, 0.1) is 5.92 Å².